The molecule has 3 nitrogen and oxygen atoms in total. The van der Waals surface area contributed by atoms with E-state index in [1.54, 1.807) is 11.8 Å². The van der Waals surface area contributed by atoms with Crippen molar-refractivity contribution in [3.05, 3.63) is 23.8 Å². The van der Waals surface area contributed by atoms with Crippen LogP contribution in [0, 0.1) is 11.3 Å². The van der Waals surface area contributed by atoms with Crippen LogP contribution >= 0.6 is 11.8 Å². The van der Waals surface area contributed by atoms with E-state index in [2.05, 4.69) is 17.5 Å². The van der Waals surface area contributed by atoms with Gasteiger partial charge in [0.05, 0.1) is 6.07 Å². The molecule has 0 saturated carbocycles. The van der Waals surface area contributed by atoms with Crippen molar-refractivity contribution in [2.45, 2.75) is 24.2 Å². The first-order valence-electron chi connectivity index (χ1n) is 5.22. The van der Waals surface area contributed by atoms with Crippen LogP contribution < -0.4 is 5.32 Å². The van der Waals surface area contributed by atoms with E-state index in [1.807, 2.05) is 12.1 Å². The molecule has 1 aliphatic rings. The normalized spacial score (nSPS) is 13.8. The van der Waals surface area contributed by atoms with Crippen LogP contribution in [0.5, 0.6) is 0 Å². The fourth-order valence-corrected chi connectivity index (χ4v) is 2.48. The highest BCUT2D eigenvalue weighted by atomic mass is 32.2. The van der Waals surface area contributed by atoms with Gasteiger partial charge in [0.15, 0.2) is 0 Å². The molecule has 0 unspecified atom stereocenters. The molecule has 0 aliphatic carbocycles. The maximum atomic E-state index is 11.2. The number of nitrogens with zero attached hydrogens (tertiary/aromatic N) is 1. The van der Waals surface area contributed by atoms with Crippen molar-refractivity contribution >= 4 is 23.4 Å². The average Bonchev–Trinajstić information content (AvgIpc) is 2.29. The van der Waals surface area contributed by atoms with Crippen LogP contribution in [0.4, 0.5) is 5.69 Å². The molecule has 0 bridgehead atoms. The van der Waals surface area contributed by atoms with Crippen molar-refractivity contribution in [3.63, 3.8) is 0 Å². The monoisotopic (exact) mass is 232 g/mol. The van der Waals surface area contributed by atoms with Crippen molar-refractivity contribution in [2.24, 2.45) is 0 Å². The molecule has 0 radical (unpaired) electrons. The molecule has 0 aromatic heterocycles. The van der Waals surface area contributed by atoms with Gasteiger partial charge in [-0.15, -0.1) is 11.8 Å². The van der Waals surface area contributed by atoms with Gasteiger partial charge in [-0.3, -0.25) is 4.79 Å². The van der Waals surface area contributed by atoms with E-state index >= 15 is 0 Å². The highest BCUT2D eigenvalue weighted by Crippen LogP contribution is 2.28. The van der Waals surface area contributed by atoms with E-state index in [0.717, 1.165) is 17.9 Å². The van der Waals surface area contributed by atoms with Gasteiger partial charge in [-0.2, -0.15) is 5.26 Å². The fourth-order valence-electron chi connectivity index (χ4n) is 1.66. The average molecular weight is 232 g/mol. The number of hydrogen-bond acceptors (Lipinski definition) is 3. The van der Waals surface area contributed by atoms with E-state index in [0.29, 0.717) is 12.8 Å². The second kappa shape index (κ2) is 5.04. The maximum absolute atomic E-state index is 11.2. The van der Waals surface area contributed by atoms with Gasteiger partial charge in [0.1, 0.15) is 0 Å². The Balaban J connectivity index is 2.08. The summed E-state index contributed by atoms with van der Waals surface area (Å²) in [7, 11) is 0. The number of nitrogens with one attached hydrogen (secondary N) is 1. The summed E-state index contributed by atoms with van der Waals surface area (Å²) in [6.07, 6.45) is 1.95. The number of anilines is 1. The van der Waals surface area contributed by atoms with Crippen molar-refractivity contribution in [1.29, 1.82) is 5.26 Å². The molecule has 1 aliphatic heterocycles. The van der Waals surface area contributed by atoms with Gasteiger partial charge in [0.25, 0.3) is 0 Å². The third-order valence-corrected chi connectivity index (χ3v) is 3.45. The first kappa shape index (κ1) is 11.0. The zero-order valence-corrected chi connectivity index (χ0v) is 9.64. The number of fused-ring (bicyclic) bond motifs is 1. The number of nitriles is 1. The number of carbonyl (C=O) groups excluding carboxylic acids is 1. The molecule has 1 amide bonds. The number of thioether (sulfide) groups is 1. The molecule has 1 aromatic rings. The first-order chi connectivity index (χ1) is 7.79. The molecular weight excluding hydrogens is 220 g/mol. The smallest absolute Gasteiger partial charge is 0.224 e. The van der Waals surface area contributed by atoms with Crippen molar-refractivity contribution in [3.8, 4) is 6.07 Å². The van der Waals surface area contributed by atoms with Gasteiger partial charge in [0.2, 0.25) is 5.91 Å². The highest BCUT2D eigenvalue weighted by Gasteiger charge is 2.14. The molecule has 1 heterocycles. The minimum Gasteiger partial charge on any atom is -0.326 e. The number of hydrogen-bond donors (Lipinski definition) is 1. The third kappa shape index (κ3) is 2.56. The number of rotatable bonds is 3. The largest absolute Gasteiger partial charge is 0.326 e. The molecule has 82 valence electrons. The maximum Gasteiger partial charge on any atom is 0.224 e. The Bertz CT molecular complexity index is 451. The van der Waals surface area contributed by atoms with Gasteiger partial charge >= 0.3 is 0 Å². The molecule has 0 spiro atoms. The molecule has 4 heteroatoms. The molecule has 0 fully saturated rings. The third-order valence-electron chi connectivity index (χ3n) is 2.45. The Morgan fingerprint density at radius 3 is 3.12 bits per heavy atom. The van der Waals surface area contributed by atoms with E-state index in [-0.39, 0.29) is 5.91 Å². The summed E-state index contributed by atoms with van der Waals surface area (Å²) in [6, 6.07) is 8.17. The van der Waals surface area contributed by atoms with E-state index in [9.17, 15) is 4.79 Å². The van der Waals surface area contributed by atoms with Gasteiger partial charge in [-0.1, -0.05) is 0 Å². The van der Waals surface area contributed by atoms with Crippen LogP contribution in [0.1, 0.15) is 18.4 Å². The Morgan fingerprint density at radius 2 is 2.31 bits per heavy atom. The van der Waals surface area contributed by atoms with Crippen LogP contribution in [0.3, 0.4) is 0 Å². The lowest BCUT2D eigenvalue weighted by Crippen LogP contribution is -2.18. The molecular formula is C12H12N2OS. The van der Waals surface area contributed by atoms with Crippen molar-refractivity contribution < 1.29 is 4.79 Å². The zero-order valence-electron chi connectivity index (χ0n) is 8.82. The molecule has 1 N–H and O–H groups in total. The van der Waals surface area contributed by atoms with Crippen LogP contribution in [-0.4, -0.2) is 11.7 Å². The Morgan fingerprint density at radius 1 is 1.44 bits per heavy atom. The predicted molar refractivity (Wildman–Crippen MR) is 64.3 cm³/mol. The minimum atomic E-state index is 0.0948. The topological polar surface area (TPSA) is 52.9 Å². The van der Waals surface area contributed by atoms with Crippen LogP contribution in [0.25, 0.3) is 0 Å². The van der Waals surface area contributed by atoms with Gasteiger partial charge in [-0.25, -0.2) is 0 Å². The molecule has 2 rings (SSSR count). The second-order valence-electron chi connectivity index (χ2n) is 3.62. The molecule has 1 aromatic carbocycles. The number of carbonyl (C=O) groups is 1. The molecule has 0 atom stereocenters. The number of benzene rings is 1. The second-order valence-corrected chi connectivity index (χ2v) is 4.79. The lowest BCUT2D eigenvalue weighted by atomic mass is 10.0. The molecule has 16 heavy (non-hydrogen) atoms. The summed E-state index contributed by atoms with van der Waals surface area (Å²) in [4.78, 5) is 12.3. The van der Waals surface area contributed by atoms with Crippen LogP contribution in [0.15, 0.2) is 23.1 Å². The summed E-state index contributed by atoms with van der Waals surface area (Å²) >= 11 is 1.68. The standard InChI is InChI=1S/C12H12N2OS/c13-6-1-7-16-10-3-4-11-9(8-10)2-5-12(15)14-11/h3-4,8H,1-2,5,7H2,(H,14,15). The Labute approximate surface area is 98.8 Å². The van der Waals surface area contributed by atoms with E-state index < -0.39 is 0 Å². The summed E-state index contributed by atoms with van der Waals surface area (Å²) in [5.41, 5.74) is 2.13. The number of aryl methyl sites for hydroxylation is 1. The van der Waals surface area contributed by atoms with Crippen molar-refractivity contribution in [2.75, 3.05) is 11.1 Å². The summed E-state index contributed by atoms with van der Waals surface area (Å²) in [6.45, 7) is 0. The van der Waals surface area contributed by atoms with E-state index in [1.165, 1.54) is 10.5 Å². The quantitative estimate of drug-likeness (QED) is 0.643. The Kier molecular flexibility index (Phi) is 3.47. The summed E-state index contributed by atoms with van der Waals surface area (Å²) < 4.78 is 0. The fraction of sp³-hybridized carbons (Fsp3) is 0.333. The zero-order chi connectivity index (χ0) is 11.4. The van der Waals surface area contributed by atoms with Crippen molar-refractivity contribution in [1.82, 2.24) is 0 Å². The molecule has 0 saturated heterocycles. The lowest BCUT2D eigenvalue weighted by Gasteiger charge is -2.17. The summed E-state index contributed by atoms with van der Waals surface area (Å²) in [5, 5.41) is 11.3. The van der Waals surface area contributed by atoms with Crippen LogP contribution in [-0.2, 0) is 11.2 Å². The van der Waals surface area contributed by atoms with E-state index in [4.69, 9.17) is 5.26 Å². The first-order valence-corrected chi connectivity index (χ1v) is 6.20. The van der Waals surface area contributed by atoms with Crippen LogP contribution in [0.2, 0.25) is 0 Å². The predicted octanol–water partition coefficient (Wildman–Crippen LogP) is 2.58. The van der Waals surface area contributed by atoms with Gasteiger partial charge in [0, 0.05) is 29.2 Å². The minimum absolute atomic E-state index is 0.0948. The highest BCUT2D eigenvalue weighted by molar-refractivity contribution is 7.99. The summed E-state index contributed by atoms with van der Waals surface area (Å²) in [5.74, 6) is 0.916. The van der Waals surface area contributed by atoms with Gasteiger partial charge < -0.3 is 5.32 Å². The SMILES string of the molecule is N#CCCSc1ccc2c(c1)CCC(=O)N2. The Hall–Kier alpha value is -1.47. The number of amides is 1. The van der Waals surface area contributed by atoms with Gasteiger partial charge in [-0.05, 0) is 30.2 Å². The lowest BCUT2D eigenvalue weighted by molar-refractivity contribution is -0.116.